The number of hydrogen-bond acceptors (Lipinski definition) is 4. The molecule has 0 bridgehead atoms. The normalized spacial score (nSPS) is 11.9. The number of hydrogen-bond donors (Lipinski definition) is 4. The molecule has 0 aliphatic heterocycles. The van der Waals surface area contributed by atoms with Gasteiger partial charge in [-0.05, 0) is 6.42 Å². The molecule has 0 aliphatic rings. The lowest BCUT2D eigenvalue weighted by Crippen LogP contribution is -2.47. The highest BCUT2D eigenvalue weighted by molar-refractivity contribution is 5.87. The molecular weight excluding hydrogens is 186 g/mol. The standard InChI is InChI=1S/C8H17N3O3/c1-2-3-4-6(8(13)11-14)10-7(12)5-9/h6,14H,2-5,9H2,1H3,(H,10,12)(H,11,13). The molecule has 1 unspecified atom stereocenters. The third-order valence-electron chi connectivity index (χ3n) is 1.79. The Bertz CT molecular complexity index is 196. The summed E-state index contributed by atoms with van der Waals surface area (Å²) in [4.78, 5) is 22.0. The monoisotopic (exact) mass is 203 g/mol. The molecule has 14 heavy (non-hydrogen) atoms. The number of hydroxylamine groups is 1. The predicted octanol–water partition coefficient (Wildman–Crippen LogP) is -0.874. The van der Waals surface area contributed by atoms with Gasteiger partial charge in [0.2, 0.25) is 5.91 Å². The Balaban J connectivity index is 4.09. The van der Waals surface area contributed by atoms with Crippen molar-refractivity contribution in [1.29, 1.82) is 0 Å². The molecule has 2 amide bonds. The minimum Gasteiger partial charge on any atom is -0.343 e. The predicted molar refractivity (Wildman–Crippen MR) is 50.4 cm³/mol. The van der Waals surface area contributed by atoms with Gasteiger partial charge in [0.1, 0.15) is 6.04 Å². The Morgan fingerprint density at radius 2 is 2.14 bits per heavy atom. The zero-order valence-corrected chi connectivity index (χ0v) is 8.25. The molecule has 0 aliphatic carbocycles. The summed E-state index contributed by atoms with van der Waals surface area (Å²) in [5.74, 6) is -1.02. The summed E-state index contributed by atoms with van der Waals surface area (Å²) in [5.41, 5.74) is 6.59. The van der Waals surface area contributed by atoms with Crippen molar-refractivity contribution in [3.8, 4) is 0 Å². The number of carbonyl (C=O) groups excluding carboxylic acids is 2. The molecule has 0 aromatic rings. The maximum atomic E-state index is 11.1. The van der Waals surface area contributed by atoms with Crippen LogP contribution in [-0.4, -0.2) is 29.6 Å². The van der Waals surface area contributed by atoms with Crippen LogP contribution in [0.4, 0.5) is 0 Å². The molecule has 0 aromatic heterocycles. The molecule has 0 heterocycles. The van der Waals surface area contributed by atoms with Gasteiger partial charge in [0.25, 0.3) is 5.91 Å². The fraction of sp³-hybridized carbons (Fsp3) is 0.750. The average Bonchev–Trinajstić information content (AvgIpc) is 2.22. The van der Waals surface area contributed by atoms with Crippen LogP contribution in [-0.2, 0) is 9.59 Å². The fourth-order valence-electron chi connectivity index (χ4n) is 1.01. The highest BCUT2D eigenvalue weighted by atomic mass is 16.5. The van der Waals surface area contributed by atoms with Crippen molar-refractivity contribution in [2.45, 2.75) is 32.2 Å². The van der Waals surface area contributed by atoms with Crippen LogP contribution in [0, 0.1) is 0 Å². The lowest BCUT2D eigenvalue weighted by Gasteiger charge is -2.15. The van der Waals surface area contributed by atoms with Crippen LogP contribution in [0.2, 0.25) is 0 Å². The van der Waals surface area contributed by atoms with Gasteiger partial charge in [-0.1, -0.05) is 19.8 Å². The topological polar surface area (TPSA) is 104 Å². The van der Waals surface area contributed by atoms with Crippen LogP contribution in [0.3, 0.4) is 0 Å². The third-order valence-corrected chi connectivity index (χ3v) is 1.79. The summed E-state index contributed by atoms with van der Waals surface area (Å²) in [6, 6.07) is -0.698. The van der Waals surface area contributed by atoms with Crippen LogP contribution in [0.25, 0.3) is 0 Å². The van der Waals surface area contributed by atoms with Crippen LogP contribution >= 0.6 is 0 Å². The molecule has 0 rings (SSSR count). The second-order valence-corrected chi connectivity index (χ2v) is 2.94. The van der Waals surface area contributed by atoms with E-state index >= 15 is 0 Å². The minimum atomic E-state index is -0.698. The first-order valence-electron chi connectivity index (χ1n) is 4.59. The van der Waals surface area contributed by atoms with Gasteiger partial charge in [-0.15, -0.1) is 0 Å². The average molecular weight is 203 g/mol. The summed E-state index contributed by atoms with van der Waals surface area (Å²) in [7, 11) is 0. The van der Waals surface area contributed by atoms with Crippen LogP contribution in [0.1, 0.15) is 26.2 Å². The zero-order chi connectivity index (χ0) is 11.0. The van der Waals surface area contributed by atoms with Gasteiger partial charge in [0.05, 0.1) is 6.54 Å². The Labute approximate surface area is 82.8 Å². The third kappa shape index (κ3) is 4.78. The van der Waals surface area contributed by atoms with E-state index in [-0.39, 0.29) is 6.54 Å². The van der Waals surface area contributed by atoms with Crippen molar-refractivity contribution in [2.24, 2.45) is 5.73 Å². The molecule has 6 nitrogen and oxygen atoms in total. The van der Waals surface area contributed by atoms with Crippen LogP contribution < -0.4 is 16.5 Å². The molecule has 1 atom stereocenters. The quantitative estimate of drug-likeness (QED) is 0.332. The summed E-state index contributed by atoms with van der Waals surface area (Å²) >= 11 is 0. The van der Waals surface area contributed by atoms with E-state index in [0.29, 0.717) is 6.42 Å². The van der Waals surface area contributed by atoms with E-state index in [1.807, 2.05) is 6.92 Å². The van der Waals surface area contributed by atoms with E-state index in [1.165, 1.54) is 5.48 Å². The molecule has 82 valence electrons. The van der Waals surface area contributed by atoms with E-state index in [9.17, 15) is 9.59 Å². The number of nitrogens with one attached hydrogen (secondary N) is 2. The van der Waals surface area contributed by atoms with E-state index in [1.54, 1.807) is 0 Å². The molecule has 0 saturated heterocycles. The van der Waals surface area contributed by atoms with Gasteiger partial charge in [-0.25, -0.2) is 5.48 Å². The second kappa shape index (κ2) is 7.28. The van der Waals surface area contributed by atoms with Crippen LogP contribution in [0.5, 0.6) is 0 Å². The van der Waals surface area contributed by atoms with Gasteiger partial charge in [0.15, 0.2) is 0 Å². The lowest BCUT2D eigenvalue weighted by atomic mass is 10.1. The Morgan fingerprint density at radius 1 is 1.50 bits per heavy atom. The maximum Gasteiger partial charge on any atom is 0.265 e. The SMILES string of the molecule is CCCCC(NC(=O)CN)C(=O)NO. The minimum absolute atomic E-state index is 0.165. The maximum absolute atomic E-state index is 11.1. The van der Waals surface area contributed by atoms with E-state index in [4.69, 9.17) is 10.9 Å². The highest BCUT2D eigenvalue weighted by Crippen LogP contribution is 2.00. The smallest absolute Gasteiger partial charge is 0.265 e. The van der Waals surface area contributed by atoms with Gasteiger partial charge < -0.3 is 11.1 Å². The summed E-state index contributed by atoms with van der Waals surface area (Å²) in [6.07, 6.45) is 2.20. The van der Waals surface area contributed by atoms with Crippen molar-refractivity contribution in [1.82, 2.24) is 10.8 Å². The summed E-state index contributed by atoms with van der Waals surface area (Å²) in [6.45, 7) is 1.81. The van der Waals surface area contributed by atoms with E-state index in [2.05, 4.69) is 5.32 Å². The van der Waals surface area contributed by atoms with E-state index in [0.717, 1.165) is 12.8 Å². The Hall–Kier alpha value is -1.14. The molecular formula is C8H17N3O3. The molecule has 0 saturated carbocycles. The highest BCUT2D eigenvalue weighted by Gasteiger charge is 2.18. The van der Waals surface area contributed by atoms with Gasteiger partial charge in [-0.3, -0.25) is 14.8 Å². The number of unbranched alkanes of at least 4 members (excludes halogenated alkanes) is 1. The number of carbonyl (C=O) groups is 2. The summed E-state index contributed by atoms with van der Waals surface area (Å²) < 4.78 is 0. The van der Waals surface area contributed by atoms with Gasteiger partial charge in [0, 0.05) is 0 Å². The number of nitrogens with two attached hydrogens (primary N) is 1. The molecule has 0 aromatic carbocycles. The zero-order valence-electron chi connectivity index (χ0n) is 8.25. The largest absolute Gasteiger partial charge is 0.343 e. The molecule has 0 radical (unpaired) electrons. The van der Waals surface area contributed by atoms with Crippen molar-refractivity contribution in [3.63, 3.8) is 0 Å². The van der Waals surface area contributed by atoms with Crippen molar-refractivity contribution < 1.29 is 14.8 Å². The van der Waals surface area contributed by atoms with Gasteiger partial charge in [-0.2, -0.15) is 0 Å². The number of amides is 2. The molecule has 5 N–H and O–H groups in total. The summed E-state index contributed by atoms with van der Waals surface area (Å²) in [5, 5.41) is 10.8. The van der Waals surface area contributed by atoms with Gasteiger partial charge >= 0.3 is 0 Å². The fourth-order valence-corrected chi connectivity index (χ4v) is 1.01. The molecule has 0 fully saturated rings. The van der Waals surface area contributed by atoms with Crippen molar-refractivity contribution in [3.05, 3.63) is 0 Å². The molecule has 6 heteroatoms. The van der Waals surface area contributed by atoms with Crippen molar-refractivity contribution in [2.75, 3.05) is 6.54 Å². The first-order valence-corrected chi connectivity index (χ1v) is 4.59. The van der Waals surface area contributed by atoms with Crippen molar-refractivity contribution >= 4 is 11.8 Å². The Kier molecular flexibility index (Phi) is 6.69. The van der Waals surface area contributed by atoms with E-state index < -0.39 is 17.9 Å². The first kappa shape index (κ1) is 12.9. The molecule has 0 spiro atoms. The second-order valence-electron chi connectivity index (χ2n) is 2.94. The first-order chi connectivity index (χ1) is 6.65. The lowest BCUT2D eigenvalue weighted by molar-refractivity contribution is -0.134. The van der Waals surface area contributed by atoms with Crippen LogP contribution in [0.15, 0.2) is 0 Å². The Morgan fingerprint density at radius 3 is 2.57 bits per heavy atom. The number of rotatable bonds is 6.